The lowest BCUT2D eigenvalue weighted by Crippen LogP contribution is -2.06. The van der Waals surface area contributed by atoms with Crippen molar-refractivity contribution in [1.29, 1.82) is 0 Å². The summed E-state index contributed by atoms with van der Waals surface area (Å²) < 4.78 is 11.6. The van der Waals surface area contributed by atoms with Crippen molar-refractivity contribution in [3.05, 3.63) is 82.4 Å². The fraction of sp³-hybridized carbons (Fsp3) is 0.227. The van der Waals surface area contributed by atoms with E-state index < -0.39 is 0 Å². The van der Waals surface area contributed by atoms with Gasteiger partial charge >= 0.3 is 0 Å². The third-order valence-electron chi connectivity index (χ3n) is 4.30. The van der Waals surface area contributed by atoms with Gasteiger partial charge in [0.15, 0.2) is 0 Å². The Morgan fingerprint density at radius 2 is 1.30 bits per heavy atom. The fourth-order valence-electron chi connectivity index (χ4n) is 2.54. The second kappa shape index (κ2) is 8.45. The van der Waals surface area contributed by atoms with Crippen molar-refractivity contribution >= 4 is 6.29 Å². The van der Waals surface area contributed by atoms with Gasteiger partial charge in [-0.3, -0.25) is 14.8 Å². The molecule has 1 heterocycles. The highest BCUT2D eigenvalue weighted by Gasteiger charge is 2.06. The molecule has 0 spiro atoms. The van der Waals surface area contributed by atoms with Crippen molar-refractivity contribution in [1.82, 2.24) is 9.97 Å². The van der Waals surface area contributed by atoms with Crippen molar-refractivity contribution in [3.63, 3.8) is 0 Å². The lowest BCUT2D eigenvalue weighted by Gasteiger charge is -2.11. The average Bonchev–Trinajstić information content (AvgIpc) is 2.69. The molecule has 0 aliphatic rings. The number of aryl methyl sites for hydroxylation is 3. The molecule has 138 valence electrons. The number of benzene rings is 2. The van der Waals surface area contributed by atoms with Crippen LogP contribution in [-0.2, 0) is 13.2 Å². The van der Waals surface area contributed by atoms with Crippen LogP contribution < -0.4 is 9.47 Å². The van der Waals surface area contributed by atoms with Gasteiger partial charge in [0, 0.05) is 5.56 Å². The van der Waals surface area contributed by atoms with Crippen LogP contribution in [-0.4, -0.2) is 16.3 Å². The topological polar surface area (TPSA) is 61.3 Å². The average molecular weight is 362 g/mol. The first-order valence-corrected chi connectivity index (χ1v) is 8.75. The number of nitrogens with zero attached hydrogens (tertiary/aromatic N) is 2. The summed E-state index contributed by atoms with van der Waals surface area (Å²) in [5, 5.41) is 0. The van der Waals surface area contributed by atoms with E-state index in [-0.39, 0.29) is 0 Å². The molecule has 5 nitrogen and oxygen atoms in total. The van der Waals surface area contributed by atoms with E-state index in [4.69, 9.17) is 9.47 Å². The summed E-state index contributed by atoms with van der Waals surface area (Å²) in [5.74, 6) is 1.50. The van der Waals surface area contributed by atoms with Crippen molar-refractivity contribution in [2.75, 3.05) is 0 Å². The Morgan fingerprint density at radius 1 is 0.741 bits per heavy atom. The number of carbonyl (C=O) groups excluding carboxylic acids is 1. The maximum absolute atomic E-state index is 10.7. The Kier molecular flexibility index (Phi) is 5.81. The van der Waals surface area contributed by atoms with Crippen molar-refractivity contribution < 1.29 is 14.3 Å². The Balaban J connectivity index is 1.55. The first kappa shape index (κ1) is 18.6. The summed E-state index contributed by atoms with van der Waals surface area (Å²) in [7, 11) is 0. The molecule has 0 bridgehead atoms. The molecule has 0 saturated heterocycles. The lowest BCUT2D eigenvalue weighted by molar-refractivity contribution is 0.112. The maximum Gasteiger partial charge on any atom is 0.150 e. The molecular weight excluding hydrogens is 340 g/mol. The molecule has 0 aliphatic carbocycles. The van der Waals surface area contributed by atoms with Crippen LogP contribution in [0, 0.1) is 20.8 Å². The molecule has 1 aromatic heterocycles. The normalized spacial score (nSPS) is 10.5. The quantitative estimate of drug-likeness (QED) is 0.584. The molecule has 0 amide bonds. The Morgan fingerprint density at radius 3 is 1.93 bits per heavy atom. The van der Waals surface area contributed by atoms with E-state index in [1.165, 1.54) is 0 Å². The number of rotatable bonds is 7. The molecule has 0 fully saturated rings. The summed E-state index contributed by atoms with van der Waals surface area (Å²) >= 11 is 0. The first-order chi connectivity index (χ1) is 13.0. The van der Waals surface area contributed by atoms with Crippen molar-refractivity contribution in [3.8, 4) is 11.5 Å². The number of hydrogen-bond acceptors (Lipinski definition) is 5. The highest BCUT2D eigenvalue weighted by atomic mass is 16.5. The number of carbonyl (C=O) groups is 1. The van der Waals surface area contributed by atoms with Crippen LogP contribution in [0.25, 0.3) is 0 Å². The molecule has 0 radical (unpaired) electrons. The van der Waals surface area contributed by atoms with Crippen LogP contribution >= 0.6 is 0 Å². The van der Waals surface area contributed by atoms with E-state index in [1.54, 1.807) is 24.3 Å². The maximum atomic E-state index is 10.7. The number of hydrogen-bond donors (Lipinski definition) is 0. The van der Waals surface area contributed by atoms with E-state index in [2.05, 4.69) is 9.97 Å². The Labute approximate surface area is 159 Å². The molecular formula is C22H22N2O3. The van der Waals surface area contributed by atoms with E-state index in [0.29, 0.717) is 18.8 Å². The molecule has 0 aliphatic heterocycles. The van der Waals surface area contributed by atoms with Gasteiger partial charge in [-0.15, -0.1) is 0 Å². The summed E-state index contributed by atoms with van der Waals surface area (Å²) in [5.41, 5.74) is 5.28. The number of aldehydes is 1. The van der Waals surface area contributed by atoms with Gasteiger partial charge in [-0.2, -0.15) is 0 Å². The molecule has 0 unspecified atom stereocenters. The SMILES string of the molecule is Cc1nc(C)c(COc2ccc(COc3ccc(C=O)cc3)cc2)nc1C. The molecule has 0 N–H and O–H groups in total. The van der Waals surface area contributed by atoms with Crippen LogP contribution in [0.3, 0.4) is 0 Å². The van der Waals surface area contributed by atoms with Crippen LogP contribution in [0.15, 0.2) is 48.5 Å². The Hall–Kier alpha value is -3.21. The number of ether oxygens (including phenoxy) is 2. The largest absolute Gasteiger partial charge is 0.489 e. The summed E-state index contributed by atoms with van der Waals surface area (Å²) in [4.78, 5) is 19.7. The predicted octanol–water partition coefficient (Wildman–Crippen LogP) is 4.37. The van der Waals surface area contributed by atoms with Gasteiger partial charge in [-0.05, 0) is 62.7 Å². The summed E-state index contributed by atoms with van der Waals surface area (Å²) in [6.07, 6.45) is 0.813. The van der Waals surface area contributed by atoms with Gasteiger partial charge in [-0.1, -0.05) is 12.1 Å². The second-order valence-corrected chi connectivity index (χ2v) is 6.33. The molecule has 0 atom stereocenters. The highest BCUT2D eigenvalue weighted by molar-refractivity contribution is 5.74. The van der Waals surface area contributed by atoms with E-state index >= 15 is 0 Å². The third kappa shape index (κ3) is 4.91. The van der Waals surface area contributed by atoms with Gasteiger partial charge in [0.1, 0.15) is 31.0 Å². The van der Waals surface area contributed by atoms with E-state index in [0.717, 1.165) is 46.1 Å². The van der Waals surface area contributed by atoms with Crippen LogP contribution in [0.1, 0.15) is 38.7 Å². The highest BCUT2D eigenvalue weighted by Crippen LogP contribution is 2.18. The fourth-order valence-corrected chi connectivity index (χ4v) is 2.54. The minimum Gasteiger partial charge on any atom is -0.489 e. The molecule has 0 saturated carbocycles. The summed E-state index contributed by atoms with van der Waals surface area (Å²) in [6.45, 7) is 6.69. The van der Waals surface area contributed by atoms with Gasteiger partial charge < -0.3 is 9.47 Å². The monoisotopic (exact) mass is 362 g/mol. The van der Waals surface area contributed by atoms with Gasteiger partial charge in [0.25, 0.3) is 0 Å². The molecule has 2 aromatic carbocycles. The van der Waals surface area contributed by atoms with Gasteiger partial charge in [0.2, 0.25) is 0 Å². The zero-order chi connectivity index (χ0) is 19.2. The van der Waals surface area contributed by atoms with Gasteiger partial charge in [0.05, 0.1) is 22.8 Å². The standard InChI is InChI=1S/C22H22N2O3/c1-15-16(2)24-22(17(3)23-15)14-27-21-10-6-19(7-11-21)13-26-20-8-4-18(12-25)5-9-20/h4-12H,13-14H2,1-3H3. The summed E-state index contributed by atoms with van der Waals surface area (Å²) in [6, 6.07) is 14.8. The minimum absolute atomic E-state index is 0.388. The molecule has 3 rings (SSSR count). The molecule has 27 heavy (non-hydrogen) atoms. The Bertz CT molecular complexity index is 920. The first-order valence-electron chi connectivity index (χ1n) is 8.75. The molecule has 5 heteroatoms. The lowest BCUT2D eigenvalue weighted by atomic mass is 10.2. The predicted molar refractivity (Wildman–Crippen MR) is 103 cm³/mol. The van der Waals surface area contributed by atoms with Gasteiger partial charge in [-0.25, -0.2) is 0 Å². The van der Waals surface area contributed by atoms with Crippen LogP contribution in [0.5, 0.6) is 11.5 Å². The smallest absolute Gasteiger partial charge is 0.150 e. The van der Waals surface area contributed by atoms with Crippen molar-refractivity contribution in [2.45, 2.75) is 34.0 Å². The minimum atomic E-state index is 0.388. The van der Waals surface area contributed by atoms with E-state index in [9.17, 15) is 4.79 Å². The third-order valence-corrected chi connectivity index (χ3v) is 4.30. The van der Waals surface area contributed by atoms with Crippen LogP contribution in [0.2, 0.25) is 0 Å². The van der Waals surface area contributed by atoms with E-state index in [1.807, 2.05) is 45.0 Å². The zero-order valence-electron chi connectivity index (χ0n) is 15.7. The van der Waals surface area contributed by atoms with Crippen LogP contribution in [0.4, 0.5) is 0 Å². The number of aromatic nitrogens is 2. The zero-order valence-corrected chi connectivity index (χ0v) is 15.7. The van der Waals surface area contributed by atoms with Crippen molar-refractivity contribution in [2.24, 2.45) is 0 Å². The second-order valence-electron chi connectivity index (χ2n) is 6.33. The molecule has 3 aromatic rings.